The third-order valence-corrected chi connectivity index (χ3v) is 6.24. The summed E-state index contributed by atoms with van der Waals surface area (Å²) in [5.74, 6) is 0.504. The number of nitrogens with one attached hydrogen (secondary N) is 2. The number of benzene rings is 1. The minimum atomic E-state index is -4.08. The molecular formula is C22H27N5O4S. The Kier molecular flexibility index (Phi) is 5.58. The Balaban J connectivity index is 1.82. The standard InChI is InChI=1S/C22H27N5O4S/c1-13-7-6-8-14(2)20(13)16-9-18-25-21(24-16)27-32(28,29)19-10-17(26-31-19)23-15(12-30-18)11-22(3,4)5/h6-10,15H,11-12H2,1-5H3,(H,23,26)(H,24,25,27)/t15-/m1/s1. The predicted molar refractivity (Wildman–Crippen MR) is 121 cm³/mol. The number of sulfonamides is 1. The summed E-state index contributed by atoms with van der Waals surface area (Å²) in [4.78, 5) is 8.75. The quantitative estimate of drug-likeness (QED) is 0.589. The Labute approximate surface area is 187 Å². The van der Waals surface area contributed by atoms with Gasteiger partial charge in [-0.05, 0) is 36.8 Å². The van der Waals surface area contributed by atoms with E-state index in [-0.39, 0.29) is 28.4 Å². The monoisotopic (exact) mass is 457 g/mol. The SMILES string of the molecule is Cc1cccc(C)c1-c1cc2nc(n1)NS(=O)(=O)c1cc(no1)N[C@H](CC(C)(C)C)CO2. The zero-order chi connectivity index (χ0) is 23.1. The number of fused-ring (bicyclic) bond motifs is 4. The zero-order valence-electron chi connectivity index (χ0n) is 18.8. The summed E-state index contributed by atoms with van der Waals surface area (Å²) in [7, 11) is -4.08. The molecule has 0 spiro atoms. The predicted octanol–water partition coefficient (Wildman–Crippen LogP) is 4.16. The lowest BCUT2D eigenvalue weighted by molar-refractivity contribution is 0.243. The molecule has 2 N–H and O–H groups in total. The molecular weight excluding hydrogens is 430 g/mol. The zero-order valence-corrected chi connectivity index (χ0v) is 19.6. The number of hydrogen-bond acceptors (Lipinski definition) is 8. The molecule has 10 heteroatoms. The van der Waals surface area contributed by atoms with Gasteiger partial charge >= 0.3 is 10.0 Å². The molecule has 4 rings (SSSR count). The van der Waals surface area contributed by atoms with E-state index in [1.165, 1.54) is 6.07 Å². The number of nitrogens with zero attached hydrogens (tertiary/aromatic N) is 3. The van der Waals surface area contributed by atoms with Crippen molar-refractivity contribution in [2.75, 3.05) is 16.6 Å². The molecule has 0 amide bonds. The minimum Gasteiger partial charge on any atom is -0.475 e. The fourth-order valence-electron chi connectivity index (χ4n) is 3.80. The summed E-state index contributed by atoms with van der Waals surface area (Å²) in [6.07, 6.45) is 0.752. The van der Waals surface area contributed by atoms with E-state index in [2.05, 4.69) is 45.9 Å². The molecule has 1 atom stereocenters. The smallest absolute Gasteiger partial charge is 0.300 e. The lowest BCUT2D eigenvalue weighted by atomic mass is 9.88. The highest BCUT2D eigenvalue weighted by molar-refractivity contribution is 7.92. The van der Waals surface area contributed by atoms with Gasteiger partial charge in [-0.1, -0.05) is 44.1 Å². The molecule has 2 aromatic heterocycles. The highest BCUT2D eigenvalue weighted by Crippen LogP contribution is 2.30. The van der Waals surface area contributed by atoms with E-state index >= 15 is 0 Å². The van der Waals surface area contributed by atoms with Gasteiger partial charge in [-0.3, -0.25) is 0 Å². The van der Waals surface area contributed by atoms with Crippen LogP contribution in [0.5, 0.6) is 5.88 Å². The molecule has 0 unspecified atom stereocenters. The van der Waals surface area contributed by atoms with Crippen LogP contribution in [0.3, 0.4) is 0 Å². The van der Waals surface area contributed by atoms with E-state index in [1.807, 2.05) is 32.0 Å². The van der Waals surface area contributed by atoms with Gasteiger partial charge in [-0.25, -0.2) is 9.71 Å². The number of anilines is 2. The van der Waals surface area contributed by atoms with Crippen molar-refractivity contribution in [3.05, 3.63) is 41.5 Å². The fourth-order valence-corrected chi connectivity index (χ4v) is 4.64. The molecule has 1 aliphatic heterocycles. The van der Waals surface area contributed by atoms with Crippen LogP contribution in [0.15, 0.2) is 39.9 Å². The van der Waals surface area contributed by atoms with Gasteiger partial charge in [0.15, 0.2) is 5.82 Å². The third-order valence-electron chi connectivity index (χ3n) is 5.06. The fraction of sp³-hybridized carbons (Fsp3) is 0.409. The van der Waals surface area contributed by atoms with Crippen molar-refractivity contribution < 1.29 is 17.7 Å². The van der Waals surface area contributed by atoms with Crippen LogP contribution >= 0.6 is 0 Å². The molecule has 32 heavy (non-hydrogen) atoms. The summed E-state index contributed by atoms with van der Waals surface area (Å²) in [6.45, 7) is 10.6. The van der Waals surface area contributed by atoms with Crippen LogP contribution < -0.4 is 14.8 Å². The van der Waals surface area contributed by atoms with Gasteiger partial charge in [-0.15, -0.1) is 0 Å². The lowest BCUT2D eigenvalue weighted by Crippen LogP contribution is -2.32. The van der Waals surface area contributed by atoms with Gasteiger partial charge in [0.25, 0.3) is 5.09 Å². The van der Waals surface area contributed by atoms with Gasteiger partial charge in [0.1, 0.15) is 6.61 Å². The van der Waals surface area contributed by atoms with Crippen molar-refractivity contribution in [1.29, 1.82) is 0 Å². The first-order chi connectivity index (χ1) is 15.0. The summed E-state index contributed by atoms with van der Waals surface area (Å²) >= 11 is 0. The molecule has 0 saturated carbocycles. The molecule has 3 aromatic rings. The number of hydrogen-bond donors (Lipinski definition) is 2. The minimum absolute atomic E-state index is 0.00144. The first-order valence-corrected chi connectivity index (χ1v) is 11.8. The Morgan fingerprint density at radius 3 is 2.53 bits per heavy atom. The Morgan fingerprint density at radius 2 is 1.84 bits per heavy atom. The first-order valence-electron chi connectivity index (χ1n) is 10.3. The second kappa shape index (κ2) is 8.09. The number of rotatable bonds is 2. The molecule has 1 aromatic carbocycles. The average molecular weight is 458 g/mol. The first kappa shape index (κ1) is 22.1. The van der Waals surface area contributed by atoms with Gasteiger partial charge in [0.2, 0.25) is 11.8 Å². The van der Waals surface area contributed by atoms with Gasteiger partial charge in [-0.2, -0.15) is 13.4 Å². The Hall–Kier alpha value is -3.14. The van der Waals surface area contributed by atoms with Gasteiger partial charge in [0, 0.05) is 17.7 Å². The summed E-state index contributed by atoms with van der Waals surface area (Å²) < 4.78 is 39.2. The molecule has 0 aliphatic carbocycles. The second-order valence-corrected chi connectivity index (χ2v) is 10.8. The Morgan fingerprint density at radius 1 is 1.12 bits per heavy atom. The number of aromatic nitrogens is 3. The molecule has 4 bridgehead atoms. The molecule has 0 fully saturated rings. The molecule has 9 nitrogen and oxygen atoms in total. The molecule has 0 radical (unpaired) electrons. The summed E-state index contributed by atoms with van der Waals surface area (Å²) in [5, 5.41) is 6.75. The van der Waals surface area contributed by atoms with Crippen LogP contribution in [0.25, 0.3) is 11.3 Å². The van der Waals surface area contributed by atoms with Crippen molar-refractivity contribution in [1.82, 2.24) is 15.1 Å². The summed E-state index contributed by atoms with van der Waals surface area (Å²) in [6, 6.07) is 8.85. The van der Waals surface area contributed by atoms with Crippen LogP contribution in [0.2, 0.25) is 0 Å². The van der Waals surface area contributed by atoms with E-state index in [9.17, 15) is 8.42 Å². The van der Waals surface area contributed by atoms with Crippen molar-refractivity contribution in [3.63, 3.8) is 0 Å². The van der Waals surface area contributed by atoms with Crippen LogP contribution in [0, 0.1) is 19.3 Å². The second-order valence-electron chi connectivity index (χ2n) is 9.24. The maximum Gasteiger partial charge on any atom is 0.300 e. The topological polar surface area (TPSA) is 119 Å². The maximum absolute atomic E-state index is 12.8. The van der Waals surface area contributed by atoms with Crippen molar-refractivity contribution >= 4 is 21.8 Å². The van der Waals surface area contributed by atoms with Crippen LogP contribution in [-0.4, -0.2) is 36.2 Å². The number of ether oxygens (including phenoxy) is 1. The van der Waals surface area contributed by atoms with E-state index in [1.54, 1.807) is 6.07 Å². The lowest BCUT2D eigenvalue weighted by Gasteiger charge is -2.26. The highest BCUT2D eigenvalue weighted by Gasteiger charge is 2.27. The van der Waals surface area contributed by atoms with Crippen LogP contribution in [0.1, 0.15) is 38.3 Å². The normalized spacial score (nSPS) is 17.8. The van der Waals surface area contributed by atoms with E-state index < -0.39 is 10.0 Å². The van der Waals surface area contributed by atoms with Crippen molar-refractivity contribution in [3.8, 4) is 17.1 Å². The molecule has 1 aliphatic rings. The van der Waals surface area contributed by atoms with E-state index in [4.69, 9.17) is 9.26 Å². The van der Waals surface area contributed by atoms with Crippen LogP contribution in [0.4, 0.5) is 11.8 Å². The molecule has 170 valence electrons. The van der Waals surface area contributed by atoms with Crippen molar-refractivity contribution in [2.45, 2.75) is 52.2 Å². The largest absolute Gasteiger partial charge is 0.475 e. The molecule has 0 saturated heterocycles. The van der Waals surface area contributed by atoms with Crippen molar-refractivity contribution in [2.24, 2.45) is 5.41 Å². The molecule has 3 heterocycles. The van der Waals surface area contributed by atoms with Crippen LogP contribution in [-0.2, 0) is 10.0 Å². The Bertz CT molecular complexity index is 1230. The number of aryl methyl sites for hydroxylation is 2. The third kappa shape index (κ3) is 4.85. The van der Waals surface area contributed by atoms with E-state index in [0.29, 0.717) is 18.1 Å². The highest BCUT2D eigenvalue weighted by atomic mass is 32.2. The average Bonchev–Trinajstić information content (AvgIpc) is 3.13. The van der Waals surface area contributed by atoms with Gasteiger partial charge in [0.05, 0.1) is 11.7 Å². The van der Waals surface area contributed by atoms with Gasteiger partial charge < -0.3 is 14.6 Å². The maximum atomic E-state index is 12.8. The van der Waals surface area contributed by atoms with E-state index in [0.717, 1.165) is 23.1 Å². The summed E-state index contributed by atoms with van der Waals surface area (Å²) in [5.41, 5.74) is 3.49.